The number of rotatable bonds is 3. The van der Waals surface area contributed by atoms with Crippen LogP contribution in [-0.2, 0) is 6.54 Å². The molecule has 1 N–H and O–H groups in total. The van der Waals surface area contributed by atoms with Crippen molar-refractivity contribution in [3.8, 4) is 0 Å². The average Bonchev–Trinajstić information content (AvgIpc) is 2.28. The molecule has 17 heavy (non-hydrogen) atoms. The lowest BCUT2D eigenvalue weighted by atomic mass is 10.0. The van der Waals surface area contributed by atoms with E-state index in [0.29, 0.717) is 6.54 Å². The molecule has 2 nitrogen and oxygen atoms in total. The van der Waals surface area contributed by atoms with Gasteiger partial charge in [-0.25, -0.2) is 4.39 Å². The summed E-state index contributed by atoms with van der Waals surface area (Å²) >= 11 is 3.30. The van der Waals surface area contributed by atoms with Crippen LogP contribution in [0, 0.1) is 5.82 Å². The highest BCUT2D eigenvalue weighted by molar-refractivity contribution is 9.10. The maximum absolute atomic E-state index is 13.3. The summed E-state index contributed by atoms with van der Waals surface area (Å²) in [5.74, 6) is -0.216. The predicted molar refractivity (Wildman–Crippen MR) is 69.2 cm³/mol. The summed E-state index contributed by atoms with van der Waals surface area (Å²) in [5.41, 5.74) is 0.956. The molecule has 1 aromatic rings. The van der Waals surface area contributed by atoms with Gasteiger partial charge in [-0.05, 0) is 43.1 Å². The van der Waals surface area contributed by atoms with E-state index in [2.05, 4.69) is 20.8 Å². The molecule has 0 radical (unpaired) electrons. The summed E-state index contributed by atoms with van der Waals surface area (Å²) in [5, 5.41) is 9.32. The maximum Gasteiger partial charge on any atom is 0.124 e. The van der Waals surface area contributed by atoms with Crippen LogP contribution in [-0.4, -0.2) is 29.2 Å². The average molecular weight is 302 g/mol. The Bertz CT molecular complexity index is 365. The van der Waals surface area contributed by atoms with E-state index in [1.165, 1.54) is 12.5 Å². The fraction of sp³-hybridized carbons (Fsp3) is 0.538. The zero-order valence-corrected chi connectivity index (χ0v) is 11.3. The van der Waals surface area contributed by atoms with Crippen LogP contribution < -0.4 is 0 Å². The van der Waals surface area contributed by atoms with E-state index in [1.807, 2.05) is 6.07 Å². The Balaban J connectivity index is 2.08. The summed E-state index contributed by atoms with van der Waals surface area (Å²) in [6.07, 6.45) is 3.37. The number of piperidine rings is 1. The van der Waals surface area contributed by atoms with Gasteiger partial charge in [-0.2, -0.15) is 0 Å². The standard InChI is InChI=1S/C13H17BrFNO/c14-11-5-10(6-12(15)7-11)8-16-4-2-1-3-13(16)9-17/h5-7,13,17H,1-4,8-9H2. The maximum atomic E-state index is 13.3. The number of aliphatic hydroxyl groups excluding tert-OH is 1. The molecule has 0 aromatic heterocycles. The summed E-state index contributed by atoms with van der Waals surface area (Å²) in [6.45, 7) is 1.89. The van der Waals surface area contributed by atoms with Crippen LogP contribution in [0.2, 0.25) is 0 Å². The normalized spacial score (nSPS) is 21.7. The zero-order valence-electron chi connectivity index (χ0n) is 9.70. The number of aliphatic hydroxyl groups is 1. The first-order valence-corrected chi connectivity index (χ1v) is 6.78. The molecule has 1 aromatic carbocycles. The smallest absolute Gasteiger partial charge is 0.124 e. The van der Waals surface area contributed by atoms with Crippen LogP contribution in [0.1, 0.15) is 24.8 Å². The van der Waals surface area contributed by atoms with E-state index < -0.39 is 0 Å². The summed E-state index contributed by atoms with van der Waals surface area (Å²) in [6, 6.07) is 5.19. The summed E-state index contributed by atoms with van der Waals surface area (Å²) in [7, 11) is 0. The minimum atomic E-state index is -0.216. The highest BCUT2D eigenvalue weighted by atomic mass is 79.9. The van der Waals surface area contributed by atoms with Gasteiger partial charge in [-0.3, -0.25) is 4.90 Å². The number of hydrogen-bond donors (Lipinski definition) is 1. The van der Waals surface area contributed by atoms with Crippen LogP contribution >= 0.6 is 15.9 Å². The zero-order chi connectivity index (χ0) is 12.3. The van der Waals surface area contributed by atoms with E-state index in [-0.39, 0.29) is 18.5 Å². The first-order chi connectivity index (χ1) is 8.19. The fourth-order valence-electron chi connectivity index (χ4n) is 2.41. The SMILES string of the molecule is OCC1CCCCN1Cc1cc(F)cc(Br)c1. The van der Waals surface area contributed by atoms with E-state index >= 15 is 0 Å². The molecule has 2 rings (SSSR count). The molecule has 1 aliphatic rings. The van der Waals surface area contributed by atoms with Crippen molar-refractivity contribution < 1.29 is 9.50 Å². The van der Waals surface area contributed by atoms with Gasteiger partial charge in [0.1, 0.15) is 5.82 Å². The van der Waals surface area contributed by atoms with Crippen molar-refractivity contribution in [2.75, 3.05) is 13.2 Å². The molecule has 1 atom stereocenters. The van der Waals surface area contributed by atoms with Gasteiger partial charge in [0.05, 0.1) is 6.61 Å². The lowest BCUT2D eigenvalue weighted by Gasteiger charge is -2.34. The Morgan fingerprint density at radius 3 is 2.88 bits per heavy atom. The lowest BCUT2D eigenvalue weighted by Crippen LogP contribution is -2.41. The molecule has 0 bridgehead atoms. The van der Waals surface area contributed by atoms with Crippen molar-refractivity contribution in [3.63, 3.8) is 0 Å². The highest BCUT2D eigenvalue weighted by Crippen LogP contribution is 2.21. The van der Waals surface area contributed by atoms with Crippen molar-refractivity contribution in [2.45, 2.75) is 31.8 Å². The molecule has 1 saturated heterocycles. The molecule has 0 amide bonds. The molecule has 1 heterocycles. The molecule has 0 spiro atoms. The van der Waals surface area contributed by atoms with E-state index in [0.717, 1.165) is 29.4 Å². The number of nitrogens with zero attached hydrogens (tertiary/aromatic N) is 1. The molecule has 1 unspecified atom stereocenters. The highest BCUT2D eigenvalue weighted by Gasteiger charge is 2.21. The molecule has 0 saturated carbocycles. The topological polar surface area (TPSA) is 23.5 Å². The predicted octanol–water partition coefficient (Wildman–Crippen LogP) is 2.94. The van der Waals surface area contributed by atoms with Crippen molar-refractivity contribution in [1.82, 2.24) is 4.90 Å². The van der Waals surface area contributed by atoms with Gasteiger partial charge >= 0.3 is 0 Å². The molecule has 0 aliphatic carbocycles. The third kappa shape index (κ3) is 3.50. The Morgan fingerprint density at radius 1 is 1.35 bits per heavy atom. The van der Waals surface area contributed by atoms with Gasteiger partial charge in [-0.1, -0.05) is 22.4 Å². The molecule has 1 aliphatic heterocycles. The second kappa shape index (κ2) is 5.94. The lowest BCUT2D eigenvalue weighted by molar-refractivity contribution is 0.0840. The van der Waals surface area contributed by atoms with Crippen molar-refractivity contribution >= 4 is 15.9 Å². The molecular formula is C13H17BrFNO. The third-order valence-corrected chi connectivity index (χ3v) is 3.73. The number of halogens is 2. The van der Waals surface area contributed by atoms with Gasteiger partial charge in [0.2, 0.25) is 0 Å². The Labute approximate surface area is 110 Å². The second-order valence-electron chi connectivity index (χ2n) is 4.58. The molecule has 4 heteroatoms. The van der Waals surface area contributed by atoms with E-state index in [1.54, 1.807) is 6.07 Å². The fourth-order valence-corrected chi connectivity index (χ4v) is 2.92. The number of benzene rings is 1. The quantitative estimate of drug-likeness (QED) is 0.928. The van der Waals surface area contributed by atoms with Crippen molar-refractivity contribution in [3.05, 3.63) is 34.1 Å². The van der Waals surface area contributed by atoms with Crippen LogP contribution in [0.25, 0.3) is 0 Å². The van der Waals surface area contributed by atoms with Gasteiger partial charge in [-0.15, -0.1) is 0 Å². The Kier molecular flexibility index (Phi) is 4.54. The minimum Gasteiger partial charge on any atom is -0.395 e. The minimum absolute atomic E-state index is 0.191. The van der Waals surface area contributed by atoms with Crippen LogP contribution in [0.3, 0.4) is 0 Å². The van der Waals surface area contributed by atoms with Crippen molar-refractivity contribution in [1.29, 1.82) is 0 Å². The number of likely N-dealkylation sites (tertiary alicyclic amines) is 1. The largest absolute Gasteiger partial charge is 0.395 e. The third-order valence-electron chi connectivity index (χ3n) is 3.27. The monoisotopic (exact) mass is 301 g/mol. The second-order valence-corrected chi connectivity index (χ2v) is 5.50. The molecular weight excluding hydrogens is 285 g/mol. The number of hydrogen-bond acceptors (Lipinski definition) is 2. The van der Waals surface area contributed by atoms with Gasteiger partial charge in [0, 0.05) is 17.1 Å². The van der Waals surface area contributed by atoms with Gasteiger partial charge < -0.3 is 5.11 Å². The Morgan fingerprint density at radius 2 is 2.18 bits per heavy atom. The Hall–Kier alpha value is -0.450. The van der Waals surface area contributed by atoms with Crippen molar-refractivity contribution in [2.24, 2.45) is 0 Å². The molecule has 1 fully saturated rings. The van der Waals surface area contributed by atoms with E-state index in [9.17, 15) is 9.50 Å². The summed E-state index contributed by atoms with van der Waals surface area (Å²) < 4.78 is 14.0. The van der Waals surface area contributed by atoms with E-state index in [4.69, 9.17) is 0 Å². The first-order valence-electron chi connectivity index (χ1n) is 5.99. The molecule has 94 valence electrons. The van der Waals surface area contributed by atoms with Crippen LogP contribution in [0.4, 0.5) is 4.39 Å². The van der Waals surface area contributed by atoms with Gasteiger partial charge in [0.25, 0.3) is 0 Å². The van der Waals surface area contributed by atoms with Crippen LogP contribution in [0.5, 0.6) is 0 Å². The van der Waals surface area contributed by atoms with Gasteiger partial charge in [0.15, 0.2) is 0 Å². The summed E-state index contributed by atoms with van der Waals surface area (Å²) in [4.78, 5) is 2.24. The van der Waals surface area contributed by atoms with Crippen LogP contribution in [0.15, 0.2) is 22.7 Å². The first kappa shape index (κ1) is 13.0.